The van der Waals surface area contributed by atoms with Gasteiger partial charge in [0, 0.05) is 74.3 Å². The van der Waals surface area contributed by atoms with E-state index in [-0.39, 0.29) is 56.4 Å². The summed E-state index contributed by atoms with van der Waals surface area (Å²) >= 11 is 0. The van der Waals surface area contributed by atoms with Crippen molar-refractivity contribution in [3.63, 3.8) is 0 Å². The molecule has 360 valence electrons. The van der Waals surface area contributed by atoms with Crippen LogP contribution in [0.3, 0.4) is 0 Å². The van der Waals surface area contributed by atoms with E-state index in [1.807, 2.05) is 72.8 Å². The molecule has 0 unspecified atom stereocenters. The smallest absolute Gasteiger partial charge is 0.126 e. The van der Waals surface area contributed by atoms with Crippen LogP contribution in [0.1, 0.15) is 73.6 Å². The van der Waals surface area contributed by atoms with Gasteiger partial charge in [0.1, 0.15) is 34.3 Å². The van der Waals surface area contributed by atoms with E-state index in [0.29, 0.717) is 24.7 Å². The third kappa shape index (κ3) is 10.4. The van der Waals surface area contributed by atoms with Gasteiger partial charge >= 0.3 is 0 Å². The summed E-state index contributed by atoms with van der Waals surface area (Å²) in [6.07, 6.45) is 7.97. The number of nitrogens with zero attached hydrogens (tertiary/aromatic N) is 2. The van der Waals surface area contributed by atoms with Crippen LogP contribution in [0.2, 0.25) is 0 Å². The fourth-order valence-electron chi connectivity index (χ4n) is 12.5. The predicted octanol–water partition coefficient (Wildman–Crippen LogP) is 5.07. The summed E-state index contributed by atoms with van der Waals surface area (Å²) in [5, 5.41) is 24.9. The van der Waals surface area contributed by atoms with Crippen LogP contribution in [-0.2, 0) is 11.2 Å². The molecule has 0 amide bonds. The second-order valence-corrected chi connectivity index (χ2v) is 19.7. The van der Waals surface area contributed by atoms with Gasteiger partial charge in [-0.05, 0) is 46.5 Å². The molecule has 6 aromatic rings. The van der Waals surface area contributed by atoms with Crippen LogP contribution in [0.5, 0.6) is 11.5 Å². The highest BCUT2D eigenvalue weighted by Gasteiger charge is 2.61. The number of piperidine rings is 6. The zero-order valence-electron chi connectivity index (χ0n) is 39.0. The Hall–Kier alpha value is -4.42. The Morgan fingerprint density at radius 1 is 0.412 bits per heavy atom. The topological polar surface area (TPSA) is 58.9 Å². The van der Waals surface area contributed by atoms with E-state index < -0.39 is 11.2 Å². The van der Waals surface area contributed by atoms with Crippen molar-refractivity contribution in [3.8, 4) is 11.5 Å². The molecule has 6 fully saturated rings. The van der Waals surface area contributed by atoms with E-state index in [9.17, 15) is 19.0 Å². The van der Waals surface area contributed by atoms with E-state index in [1.165, 1.54) is 24.3 Å². The maximum atomic E-state index is 13.4. The van der Waals surface area contributed by atoms with E-state index >= 15 is 0 Å². The number of aliphatic hydroxyl groups is 2. The summed E-state index contributed by atoms with van der Waals surface area (Å²) < 4.78 is 40.5. The molecule has 4 bridgehead atoms. The predicted molar refractivity (Wildman–Crippen MR) is 257 cm³/mol. The molecular weight excluding hydrogens is 986 g/mol. The largest absolute Gasteiger partial charge is 1.00 e. The van der Waals surface area contributed by atoms with Crippen molar-refractivity contribution in [2.75, 3.05) is 65.6 Å². The van der Waals surface area contributed by atoms with Crippen molar-refractivity contribution >= 4 is 0 Å². The van der Waals surface area contributed by atoms with Gasteiger partial charge in [-0.25, -0.2) is 8.78 Å². The Kier molecular flexibility index (Phi) is 16.7. The van der Waals surface area contributed by atoms with Crippen LogP contribution >= 0.6 is 0 Å². The Morgan fingerprint density at radius 3 is 0.956 bits per heavy atom. The molecule has 6 aliphatic rings. The molecule has 68 heavy (non-hydrogen) atoms. The lowest BCUT2D eigenvalue weighted by molar-refractivity contribution is -0.946. The Labute approximate surface area is 423 Å². The first-order chi connectivity index (χ1) is 32.1. The van der Waals surface area contributed by atoms with Crippen molar-refractivity contribution in [2.45, 2.75) is 62.6 Å². The summed E-state index contributed by atoms with van der Waals surface area (Å²) in [6, 6.07) is 53.7. The minimum atomic E-state index is -0.980. The van der Waals surface area contributed by atoms with Gasteiger partial charge in [-0.15, -0.1) is 0 Å². The number of fused-ring (bicyclic) bond motifs is 6. The molecule has 6 heterocycles. The third-order valence-corrected chi connectivity index (χ3v) is 16.4. The molecule has 2 N–H and O–H groups in total. The zero-order valence-corrected chi connectivity index (χ0v) is 42.2. The van der Waals surface area contributed by atoms with Crippen molar-refractivity contribution in [1.82, 2.24) is 0 Å². The maximum Gasteiger partial charge on any atom is 0.126 e. The summed E-state index contributed by atoms with van der Waals surface area (Å²) in [4.78, 5) is 0. The first-order valence-corrected chi connectivity index (χ1v) is 24.2. The normalized spacial score (nSPS) is 23.8. The molecule has 6 saturated heterocycles. The minimum absolute atomic E-state index is 0. The van der Waals surface area contributed by atoms with Gasteiger partial charge < -0.3 is 62.6 Å². The summed E-state index contributed by atoms with van der Waals surface area (Å²) in [5.41, 5.74) is 1.76. The van der Waals surface area contributed by atoms with Crippen LogP contribution in [0.15, 0.2) is 170 Å². The molecule has 6 aliphatic heterocycles. The molecule has 6 aromatic carbocycles. The Balaban J connectivity index is 0.000000196. The van der Waals surface area contributed by atoms with Crippen molar-refractivity contribution in [3.05, 3.63) is 204 Å². The molecule has 10 heteroatoms. The minimum Gasteiger partial charge on any atom is -1.00 e. The van der Waals surface area contributed by atoms with Gasteiger partial charge in [0.25, 0.3) is 0 Å². The average molecular weight is 1050 g/mol. The number of hydrogen-bond donors (Lipinski definition) is 2. The summed E-state index contributed by atoms with van der Waals surface area (Å²) in [6.45, 7) is 9.86. The van der Waals surface area contributed by atoms with Gasteiger partial charge in [0.2, 0.25) is 0 Å². The highest BCUT2D eigenvalue weighted by molar-refractivity contribution is 5.41. The average Bonchev–Trinajstić information content (AvgIpc) is 3.38. The molecule has 0 radical (unpaired) electrons. The number of rotatable bonds is 16. The molecule has 0 aliphatic carbocycles. The number of ether oxygens (including phenoxy) is 2. The van der Waals surface area contributed by atoms with Crippen LogP contribution in [0.25, 0.3) is 0 Å². The van der Waals surface area contributed by atoms with Crippen molar-refractivity contribution in [2.24, 2.45) is 10.8 Å². The second-order valence-electron chi connectivity index (χ2n) is 19.7. The fourth-order valence-corrected chi connectivity index (χ4v) is 12.5. The summed E-state index contributed by atoms with van der Waals surface area (Å²) in [5.74, 6) is 0.674. The molecule has 0 saturated carbocycles. The highest BCUT2D eigenvalue weighted by Crippen LogP contribution is 2.59. The Morgan fingerprint density at radius 2 is 0.691 bits per heavy atom. The number of halogens is 4. The lowest BCUT2D eigenvalue weighted by atomic mass is 9.56. The van der Waals surface area contributed by atoms with Crippen molar-refractivity contribution < 1.29 is 71.4 Å². The molecule has 0 atom stereocenters. The van der Waals surface area contributed by atoms with Crippen LogP contribution in [-0.4, -0.2) is 84.8 Å². The lowest BCUT2D eigenvalue weighted by Gasteiger charge is -2.60. The fraction of sp³-hybridized carbons (Fsp3) is 0.379. The number of hydrogen-bond acceptors (Lipinski definition) is 4. The monoisotopic (exact) mass is 1050 g/mol. The van der Waals surface area contributed by atoms with Gasteiger partial charge in [-0.1, -0.05) is 133 Å². The molecular formula is C58H66Br2F2N2O4. The summed E-state index contributed by atoms with van der Waals surface area (Å²) in [7, 11) is 0. The van der Waals surface area contributed by atoms with Crippen LogP contribution in [0, 0.1) is 22.5 Å². The first kappa shape index (κ1) is 51.4. The second kappa shape index (κ2) is 22.1. The third-order valence-electron chi connectivity index (χ3n) is 16.4. The van der Waals surface area contributed by atoms with Gasteiger partial charge in [0.15, 0.2) is 0 Å². The van der Waals surface area contributed by atoms with Crippen molar-refractivity contribution in [1.29, 1.82) is 0 Å². The van der Waals surface area contributed by atoms with E-state index in [0.717, 1.165) is 135 Å². The van der Waals surface area contributed by atoms with Gasteiger partial charge in [0.05, 0.1) is 65.6 Å². The highest BCUT2D eigenvalue weighted by atomic mass is 79.9. The van der Waals surface area contributed by atoms with Gasteiger partial charge in [-0.2, -0.15) is 0 Å². The van der Waals surface area contributed by atoms with E-state index in [1.54, 1.807) is 24.3 Å². The molecule has 6 nitrogen and oxygen atoms in total. The standard InChI is InChI=1S/2C29H33FNO2.2BrH/c2*30-26-13-7-14-27(23-26)33-22-8-18-31-19-15-28(16-20-31,17-21-31)29(32,24-9-3-1-4-10-24)25-11-5-2-6-12-25;;/h2*1-7,9-14,23,32H,8,15-22H2;2*1H/q2*+1;;/p-2. The maximum absolute atomic E-state index is 13.4. The quantitative estimate of drug-likeness (QED) is 0.105. The molecule has 12 rings (SSSR count). The SMILES string of the molecule is OC(c1ccccc1)(c1ccccc1)C12CC[N+](CCCOc3cccc(F)c3)(CC1)CC2.OC(c1ccccc1)(c1ccccc1)C12CC[N+](CCCOc3cccc(F)c3)(CC1)CC2.[Br-].[Br-]. The zero-order chi connectivity index (χ0) is 45.6. The van der Waals surface area contributed by atoms with E-state index in [2.05, 4.69) is 48.5 Å². The van der Waals surface area contributed by atoms with Crippen LogP contribution in [0.4, 0.5) is 8.78 Å². The van der Waals surface area contributed by atoms with Gasteiger partial charge in [-0.3, -0.25) is 0 Å². The molecule has 0 aromatic heterocycles. The van der Waals surface area contributed by atoms with Crippen LogP contribution < -0.4 is 43.4 Å². The number of quaternary nitrogens is 2. The first-order valence-electron chi connectivity index (χ1n) is 24.2. The number of benzene rings is 6. The van der Waals surface area contributed by atoms with E-state index in [4.69, 9.17) is 9.47 Å². The molecule has 0 spiro atoms. The lowest BCUT2D eigenvalue weighted by Crippen LogP contribution is -3.00. The Bertz CT molecular complexity index is 2200.